The summed E-state index contributed by atoms with van der Waals surface area (Å²) >= 11 is 0. The molecule has 1 N–H and O–H groups in total. The Morgan fingerprint density at radius 1 is 1.89 bits per heavy atom. The van der Waals surface area contributed by atoms with E-state index < -0.39 is 0 Å². The Morgan fingerprint density at radius 2 is 2.56 bits per heavy atom. The second kappa shape index (κ2) is 5.33. The Morgan fingerprint density at radius 3 is 2.89 bits per heavy atom. The maximum absolute atomic E-state index is 5.14. The first kappa shape index (κ1) is 8.19. The van der Waals surface area contributed by atoms with Gasteiger partial charge in [0.15, 0.2) is 0 Å². The third kappa shape index (κ3) is 3.75. The van der Waals surface area contributed by atoms with Crippen molar-refractivity contribution < 1.29 is 0 Å². The molecular formula is C7H12N2. The highest BCUT2D eigenvalue weighted by atomic mass is 14.9. The highest BCUT2D eigenvalue weighted by molar-refractivity contribution is 5.54. The highest BCUT2D eigenvalue weighted by Crippen LogP contribution is 1.83. The molecule has 0 fully saturated rings. The first-order valence-electron chi connectivity index (χ1n) is 2.93. The van der Waals surface area contributed by atoms with Crippen molar-refractivity contribution in [3.8, 4) is 12.3 Å². The molecule has 50 valence electrons. The fourth-order valence-corrected chi connectivity index (χ4v) is 0.528. The van der Waals surface area contributed by atoms with Gasteiger partial charge in [-0.05, 0) is 20.2 Å². The number of nitrogens with one attached hydrogen (secondary N) is 1. The highest BCUT2D eigenvalue weighted by Gasteiger charge is 1.94. The van der Waals surface area contributed by atoms with Crippen LogP contribution in [0.5, 0.6) is 0 Å². The van der Waals surface area contributed by atoms with E-state index >= 15 is 0 Å². The molecule has 1 unspecified atom stereocenters. The van der Waals surface area contributed by atoms with Crippen LogP contribution in [0.2, 0.25) is 0 Å². The minimum absolute atomic E-state index is 0.000000000000000444. The number of rotatable bonds is 3. The summed E-state index contributed by atoms with van der Waals surface area (Å²) in [5.74, 6) is 2.54. The predicted molar refractivity (Wildman–Crippen MR) is 40.7 cm³/mol. The van der Waals surface area contributed by atoms with Gasteiger partial charge in [-0.3, -0.25) is 4.99 Å². The van der Waals surface area contributed by atoms with Gasteiger partial charge in [0, 0.05) is 6.54 Å². The van der Waals surface area contributed by atoms with Gasteiger partial charge in [0.2, 0.25) is 0 Å². The molecule has 0 heterocycles. The minimum Gasteiger partial charge on any atom is -0.317 e. The molecule has 0 bridgehead atoms. The Labute approximate surface area is 56.4 Å². The Hall–Kier alpha value is -0.810. The lowest BCUT2D eigenvalue weighted by Crippen LogP contribution is -2.20. The quantitative estimate of drug-likeness (QED) is 0.424. The van der Waals surface area contributed by atoms with Crippen LogP contribution in [0.15, 0.2) is 4.99 Å². The van der Waals surface area contributed by atoms with Gasteiger partial charge in [-0.25, -0.2) is 0 Å². The lowest BCUT2D eigenvalue weighted by Gasteiger charge is -2.01. The van der Waals surface area contributed by atoms with E-state index in [0.29, 0.717) is 0 Å². The fraction of sp³-hybridized carbons (Fsp3) is 0.571. The Bertz CT molecular complexity index is 121. The molecule has 1 atom stereocenters. The number of hydrogen-bond donors (Lipinski definition) is 1. The molecule has 0 saturated carbocycles. The van der Waals surface area contributed by atoms with E-state index in [1.165, 1.54) is 0 Å². The molecule has 0 spiro atoms. The standard InChI is InChI=1S/C7H12N2/c1-4-7(6-8-3)9-5-2/h1,5,7-8H,6H2,2-3H3/b9-5-. The summed E-state index contributed by atoms with van der Waals surface area (Å²) in [7, 11) is 1.86. The maximum atomic E-state index is 5.14. The van der Waals surface area contributed by atoms with Gasteiger partial charge in [0.25, 0.3) is 0 Å². The molecule has 0 rings (SSSR count). The van der Waals surface area contributed by atoms with Gasteiger partial charge in [-0.15, -0.1) is 6.42 Å². The van der Waals surface area contributed by atoms with Crippen LogP contribution in [0.4, 0.5) is 0 Å². The molecule has 0 aromatic heterocycles. The molecule has 0 aliphatic rings. The first-order chi connectivity index (χ1) is 4.35. The van der Waals surface area contributed by atoms with Crippen molar-refractivity contribution in [2.24, 2.45) is 4.99 Å². The number of hydrogen-bond acceptors (Lipinski definition) is 2. The van der Waals surface area contributed by atoms with Crippen molar-refractivity contribution in [3.05, 3.63) is 0 Å². The maximum Gasteiger partial charge on any atom is 0.122 e. The van der Waals surface area contributed by atoms with Crippen LogP contribution in [0.3, 0.4) is 0 Å². The normalized spacial score (nSPS) is 13.4. The zero-order valence-corrected chi connectivity index (χ0v) is 5.89. The first-order valence-corrected chi connectivity index (χ1v) is 2.93. The van der Waals surface area contributed by atoms with E-state index in [2.05, 4.69) is 16.2 Å². The second-order valence-corrected chi connectivity index (χ2v) is 1.65. The average molecular weight is 124 g/mol. The molecule has 0 radical (unpaired) electrons. The number of nitrogens with zero attached hydrogens (tertiary/aromatic N) is 1. The zero-order valence-electron chi connectivity index (χ0n) is 5.89. The van der Waals surface area contributed by atoms with Gasteiger partial charge in [0.1, 0.15) is 6.04 Å². The van der Waals surface area contributed by atoms with Crippen molar-refractivity contribution in [1.29, 1.82) is 0 Å². The summed E-state index contributed by atoms with van der Waals surface area (Å²) in [5.41, 5.74) is 0. The average Bonchev–Trinajstić information content (AvgIpc) is 1.88. The topological polar surface area (TPSA) is 24.4 Å². The largest absolute Gasteiger partial charge is 0.317 e. The molecule has 2 heteroatoms. The van der Waals surface area contributed by atoms with Crippen LogP contribution in [0.25, 0.3) is 0 Å². The van der Waals surface area contributed by atoms with E-state index in [0.717, 1.165) is 6.54 Å². The third-order valence-corrected chi connectivity index (χ3v) is 0.919. The van der Waals surface area contributed by atoms with E-state index in [1.54, 1.807) is 6.21 Å². The monoisotopic (exact) mass is 124 g/mol. The van der Waals surface area contributed by atoms with Crippen LogP contribution < -0.4 is 5.32 Å². The van der Waals surface area contributed by atoms with Gasteiger partial charge < -0.3 is 5.32 Å². The number of likely N-dealkylation sites (N-methyl/N-ethyl adjacent to an activating group) is 1. The summed E-state index contributed by atoms with van der Waals surface area (Å²) in [4.78, 5) is 4.01. The van der Waals surface area contributed by atoms with E-state index in [9.17, 15) is 0 Å². The Balaban J connectivity index is 3.58. The van der Waals surface area contributed by atoms with Crippen molar-refractivity contribution in [1.82, 2.24) is 5.32 Å². The van der Waals surface area contributed by atoms with Crippen molar-refractivity contribution >= 4 is 6.21 Å². The van der Waals surface area contributed by atoms with Crippen LogP contribution in [0.1, 0.15) is 6.92 Å². The number of terminal acetylenes is 1. The summed E-state index contributed by atoms with van der Waals surface area (Å²) in [6.07, 6.45) is 6.87. The van der Waals surface area contributed by atoms with Crippen molar-refractivity contribution in [2.75, 3.05) is 13.6 Å². The summed E-state index contributed by atoms with van der Waals surface area (Å²) in [6.45, 7) is 2.61. The predicted octanol–water partition coefficient (Wildman–Crippen LogP) is 0.298. The van der Waals surface area contributed by atoms with E-state index in [1.807, 2.05) is 14.0 Å². The van der Waals surface area contributed by atoms with E-state index in [-0.39, 0.29) is 6.04 Å². The molecule has 0 aliphatic heterocycles. The summed E-state index contributed by atoms with van der Waals surface area (Å²) < 4.78 is 0. The molecule has 9 heavy (non-hydrogen) atoms. The lowest BCUT2D eigenvalue weighted by atomic mass is 10.3. The smallest absolute Gasteiger partial charge is 0.122 e. The molecule has 0 aromatic carbocycles. The Kier molecular flexibility index (Phi) is 4.85. The summed E-state index contributed by atoms with van der Waals surface area (Å²) in [6, 6.07) is -0.000000000000000444. The minimum atomic E-state index is -0.000000000000000444. The fourth-order valence-electron chi connectivity index (χ4n) is 0.528. The van der Waals surface area contributed by atoms with Crippen molar-refractivity contribution in [2.45, 2.75) is 13.0 Å². The van der Waals surface area contributed by atoms with Crippen LogP contribution >= 0.6 is 0 Å². The molecule has 0 saturated heterocycles. The van der Waals surface area contributed by atoms with Crippen molar-refractivity contribution in [3.63, 3.8) is 0 Å². The number of aliphatic imine (C=N–C) groups is 1. The van der Waals surface area contributed by atoms with Gasteiger partial charge >= 0.3 is 0 Å². The van der Waals surface area contributed by atoms with Crippen LogP contribution in [-0.2, 0) is 0 Å². The van der Waals surface area contributed by atoms with Crippen LogP contribution in [-0.4, -0.2) is 25.8 Å². The SMILES string of the molecule is C#CC(CNC)/N=C\C. The lowest BCUT2D eigenvalue weighted by molar-refractivity contribution is 0.731. The van der Waals surface area contributed by atoms with Gasteiger partial charge in [0.05, 0.1) is 0 Å². The zero-order chi connectivity index (χ0) is 7.11. The molecule has 0 aliphatic carbocycles. The van der Waals surface area contributed by atoms with Crippen LogP contribution in [0, 0.1) is 12.3 Å². The van der Waals surface area contributed by atoms with Gasteiger partial charge in [-0.2, -0.15) is 0 Å². The molecule has 0 amide bonds. The third-order valence-electron chi connectivity index (χ3n) is 0.919. The van der Waals surface area contributed by atoms with E-state index in [4.69, 9.17) is 6.42 Å². The molecular weight excluding hydrogens is 112 g/mol. The second-order valence-electron chi connectivity index (χ2n) is 1.65. The summed E-state index contributed by atoms with van der Waals surface area (Å²) in [5, 5.41) is 2.95. The van der Waals surface area contributed by atoms with Gasteiger partial charge in [-0.1, -0.05) is 5.92 Å². The molecule has 2 nitrogen and oxygen atoms in total. The molecule has 0 aromatic rings.